The summed E-state index contributed by atoms with van der Waals surface area (Å²) in [5, 5.41) is 11.2. The Hall–Kier alpha value is -0.770. The third kappa shape index (κ3) is 5.15. The second-order valence-corrected chi connectivity index (χ2v) is 6.80. The van der Waals surface area contributed by atoms with Crippen molar-refractivity contribution >= 4 is 11.6 Å². The number of likely N-dealkylation sites (tertiary alicyclic amines) is 1. The first-order valence-corrected chi connectivity index (χ1v) is 8.80. The minimum absolute atomic E-state index is 0.523. The standard InChI is InChI=1S/C18H28ClNO2/c1-3-12-22-18-5-4-15(19)13-16(18)17(21)8-11-20-9-6-14(2)7-10-20/h4-5,13-14,17,21H,3,6-12H2,1-2H3. The van der Waals surface area contributed by atoms with Crippen molar-refractivity contribution in [2.24, 2.45) is 5.92 Å². The molecule has 0 aliphatic carbocycles. The van der Waals surface area contributed by atoms with Crippen molar-refractivity contribution in [3.05, 3.63) is 28.8 Å². The van der Waals surface area contributed by atoms with E-state index in [0.29, 0.717) is 11.6 Å². The fraction of sp³-hybridized carbons (Fsp3) is 0.667. The van der Waals surface area contributed by atoms with E-state index in [2.05, 4.69) is 18.7 Å². The van der Waals surface area contributed by atoms with E-state index in [0.717, 1.165) is 49.7 Å². The number of benzene rings is 1. The highest BCUT2D eigenvalue weighted by Crippen LogP contribution is 2.31. The summed E-state index contributed by atoms with van der Waals surface area (Å²) in [5.41, 5.74) is 0.811. The molecular formula is C18H28ClNO2. The zero-order valence-corrected chi connectivity index (χ0v) is 14.5. The maximum atomic E-state index is 10.5. The number of aliphatic hydroxyl groups excluding tert-OH is 1. The van der Waals surface area contributed by atoms with Gasteiger partial charge in [-0.15, -0.1) is 0 Å². The lowest BCUT2D eigenvalue weighted by Gasteiger charge is -2.30. The summed E-state index contributed by atoms with van der Waals surface area (Å²) in [6.07, 6.45) is 3.67. The molecule has 1 aromatic carbocycles. The highest BCUT2D eigenvalue weighted by molar-refractivity contribution is 6.30. The largest absolute Gasteiger partial charge is 0.493 e. The first kappa shape index (κ1) is 17.6. The van der Waals surface area contributed by atoms with E-state index in [1.54, 1.807) is 0 Å². The maximum Gasteiger partial charge on any atom is 0.125 e. The van der Waals surface area contributed by atoms with E-state index in [1.165, 1.54) is 12.8 Å². The Morgan fingerprint density at radius 1 is 1.36 bits per heavy atom. The summed E-state index contributed by atoms with van der Waals surface area (Å²) in [4.78, 5) is 2.44. The molecule has 1 aliphatic heterocycles. The van der Waals surface area contributed by atoms with Crippen LogP contribution in [0.3, 0.4) is 0 Å². The average molecular weight is 326 g/mol. The molecule has 0 spiro atoms. The lowest BCUT2D eigenvalue weighted by Crippen LogP contribution is -2.34. The SMILES string of the molecule is CCCOc1ccc(Cl)cc1C(O)CCN1CCC(C)CC1. The molecule has 0 saturated carbocycles. The minimum Gasteiger partial charge on any atom is -0.493 e. The maximum absolute atomic E-state index is 10.5. The third-order valence-electron chi connectivity index (χ3n) is 4.39. The molecule has 3 nitrogen and oxygen atoms in total. The normalized spacial score (nSPS) is 18.4. The van der Waals surface area contributed by atoms with Gasteiger partial charge in [-0.1, -0.05) is 25.4 Å². The number of hydrogen-bond donors (Lipinski definition) is 1. The van der Waals surface area contributed by atoms with Crippen LogP contribution in [0.5, 0.6) is 5.75 Å². The van der Waals surface area contributed by atoms with Gasteiger partial charge in [0.25, 0.3) is 0 Å². The van der Waals surface area contributed by atoms with Crippen molar-refractivity contribution in [3.63, 3.8) is 0 Å². The second-order valence-electron chi connectivity index (χ2n) is 6.36. The van der Waals surface area contributed by atoms with E-state index >= 15 is 0 Å². The van der Waals surface area contributed by atoms with Gasteiger partial charge in [0.1, 0.15) is 5.75 Å². The molecule has 4 heteroatoms. The Bertz CT molecular complexity index is 458. The van der Waals surface area contributed by atoms with Gasteiger partial charge in [-0.25, -0.2) is 0 Å². The number of nitrogens with zero attached hydrogens (tertiary/aromatic N) is 1. The van der Waals surface area contributed by atoms with E-state index < -0.39 is 6.10 Å². The van der Waals surface area contributed by atoms with E-state index in [9.17, 15) is 5.11 Å². The van der Waals surface area contributed by atoms with Crippen LogP contribution < -0.4 is 4.74 Å². The van der Waals surface area contributed by atoms with Crippen LogP contribution in [0, 0.1) is 5.92 Å². The number of aliphatic hydroxyl groups is 1. The summed E-state index contributed by atoms with van der Waals surface area (Å²) in [6, 6.07) is 5.50. The van der Waals surface area contributed by atoms with Gasteiger partial charge in [0.15, 0.2) is 0 Å². The highest BCUT2D eigenvalue weighted by Gasteiger charge is 2.19. The van der Waals surface area contributed by atoms with Crippen LogP contribution in [0.25, 0.3) is 0 Å². The topological polar surface area (TPSA) is 32.7 Å². The number of piperidine rings is 1. The van der Waals surface area contributed by atoms with E-state index in [1.807, 2.05) is 18.2 Å². The lowest BCUT2D eigenvalue weighted by molar-refractivity contribution is 0.122. The molecule has 0 aromatic heterocycles. The van der Waals surface area contributed by atoms with Gasteiger partial charge < -0.3 is 14.7 Å². The monoisotopic (exact) mass is 325 g/mol. The molecule has 1 fully saturated rings. The Labute approximate surface area is 139 Å². The van der Waals surface area contributed by atoms with Gasteiger partial charge in [-0.3, -0.25) is 0 Å². The van der Waals surface area contributed by atoms with Crippen molar-refractivity contribution in [3.8, 4) is 5.75 Å². The van der Waals surface area contributed by atoms with Crippen LogP contribution in [0.4, 0.5) is 0 Å². The zero-order valence-electron chi connectivity index (χ0n) is 13.7. The summed E-state index contributed by atoms with van der Waals surface area (Å²) in [6.45, 7) is 8.25. The Morgan fingerprint density at radius 3 is 2.77 bits per heavy atom. The first-order valence-electron chi connectivity index (χ1n) is 8.42. The fourth-order valence-corrected chi connectivity index (χ4v) is 3.05. The second kappa shape index (κ2) is 8.76. The summed E-state index contributed by atoms with van der Waals surface area (Å²) >= 11 is 6.08. The molecule has 1 N–H and O–H groups in total. The quantitative estimate of drug-likeness (QED) is 0.812. The molecule has 1 aromatic rings. The molecule has 1 aliphatic rings. The first-order chi connectivity index (χ1) is 10.6. The van der Waals surface area contributed by atoms with Gasteiger partial charge in [-0.05, 0) is 62.9 Å². The summed E-state index contributed by atoms with van der Waals surface area (Å²) in [5.74, 6) is 1.59. The van der Waals surface area contributed by atoms with E-state index in [-0.39, 0.29) is 0 Å². The molecule has 1 saturated heterocycles. The molecule has 0 radical (unpaired) electrons. The van der Waals surface area contributed by atoms with Gasteiger partial charge in [0, 0.05) is 17.1 Å². The Balaban J connectivity index is 1.93. The Kier molecular flexibility index (Phi) is 7.00. The third-order valence-corrected chi connectivity index (χ3v) is 4.62. The van der Waals surface area contributed by atoms with Gasteiger partial charge in [0.2, 0.25) is 0 Å². The molecule has 22 heavy (non-hydrogen) atoms. The molecule has 1 unspecified atom stereocenters. The molecular weight excluding hydrogens is 298 g/mol. The van der Waals surface area contributed by atoms with Crippen molar-refractivity contribution in [1.82, 2.24) is 4.90 Å². The fourth-order valence-electron chi connectivity index (χ4n) is 2.87. The molecule has 0 amide bonds. The zero-order chi connectivity index (χ0) is 15.9. The van der Waals surface area contributed by atoms with Crippen LogP contribution in [0.15, 0.2) is 18.2 Å². The Morgan fingerprint density at radius 2 is 2.09 bits per heavy atom. The van der Waals surface area contributed by atoms with Crippen LogP contribution in [0.2, 0.25) is 5.02 Å². The lowest BCUT2D eigenvalue weighted by atomic mass is 9.98. The molecule has 1 atom stereocenters. The van der Waals surface area contributed by atoms with Crippen LogP contribution in [-0.4, -0.2) is 36.2 Å². The molecule has 124 valence electrons. The average Bonchev–Trinajstić information content (AvgIpc) is 2.53. The summed E-state index contributed by atoms with van der Waals surface area (Å²) < 4.78 is 5.74. The smallest absolute Gasteiger partial charge is 0.125 e. The predicted molar refractivity (Wildman–Crippen MR) is 91.7 cm³/mol. The van der Waals surface area contributed by atoms with Crippen LogP contribution >= 0.6 is 11.6 Å². The van der Waals surface area contributed by atoms with Crippen molar-refractivity contribution in [1.29, 1.82) is 0 Å². The predicted octanol–water partition coefficient (Wildman–Crippen LogP) is 4.28. The van der Waals surface area contributed by atoms with Gasteiger partial charge in [0.05, 0.1) is 12.7 Å². The molecule has 0 bridgehead atoms. The van der Waals surface area contributed by atoms with Gasteiger partial charge >= 0.3 is 0 Å². The van der Waals surface area contributed by atoms with Gasteiger partial charge in [-0.2, -0.15) is 0 Å². The number of halogens is 1. The van der Waals surface area contributed by atoms with E-state index in [4.69, 9.17) is 16.3 Å². The molecule has 1 heterocycles. The number of hydrogen-bond acceptors (Lipinski definition) is 3. The van der Waals surface area contributed by atoms with Crippen molar-refractivity contribution < 1.29 is 9.84 Å². The summed E-state index contributed by atoms with van der Waals surface area (Å²) in [7, 11) is 0. The highest BCUT2D eigenvalue weighted by atomic mass is 35.5. The molecule has 2 rings (SSSR count). The van der Waals surface area contributed by atoms with Crippen LogP contribution in [0.1, 0.15) is 51.2 Å². The minimum atomic E-state index is -0.523. The number of ether oxygens (including phenoxy) is 1. The van der Waals surface area contributed by atoms with Crippen molar-refractivity contribution in [2.75, 3.05) is 26.2 Å². The van der Waals surface area contributed by atoms with Crippen LogP contribution in [-0.2, 0) is 0 Å². The number of rotatable bonds is 7. The van der Waals surface area contributed by atoms with Crippen molar-refractivity contribution in [2.45, 2.75) is 45.6 Å².